The van der Waals surface area contributed by atoms with Crippen molar-refractivity contribution in [1.82, 2.24) is 15.0 Å². The van der Waals surface area contributed by atoms with Gasteiger partial charge in [0, 0.05) is 53.1 Å². The summed E-state index contributed by atoms with van der Waals surface area (Å²) in [6, 6.07) is 9.11. The van der Waals surface area contributed by atoms with Crippen LogP contribution in [0.3, 0.4) is 0 Å². The second-order valence-electron chi connectivity index (χ2n) is 6.58. The van der Waals surface area contributed by atoms with Gasteiger partial charge in [-0.2, -0.15) is 4.98 Å². The molecule has 0 saturated heterocycles. The molecule has 27 heavy (non-hydrogen) atoms. The summed E-state index contributed by atoms with van der Waals surface area (Å²) in [5, 5.41) is 4.66. The molecule has 2 aromatic heterocycles. The van der Waals surface area contributed by atoms with Crippen molar-refractivity contribution in [3.8, 4) is 0 Å². The highest BCUT2D eigenvalue weighted by Crippen LogP contribution is 2.21. The maximum absolute atomic E-state index is 12.3. The molecule has 142 valence electrons. The molecule has 0 aliphatic carbocycles. The number of hydrogen-bond acceptors (Lipinski definition) is 6. The predicted octanol–water partition coefficient (Wildman–Crippen LogP) is 4.32. The number of H-pyrrole nitrogens is 1. The number of nitrogens with one attached hydrogen (secondary N) is 2. The second-order valence-corrected chi connectivity index (χ2v) is 7.83. The van der Waals surface area contributed by atoms with Gasteiger partial charge in [0.05, 0.1) is 0 Å². The van der Waals surface area contributed by atoms with E-state index in [0.717, 1.165) is 23.3 Å². The summed E-state index contributed by atoms with van der Waals surface area (Å²) < 4.78 is 2.13. The first-order chi connectivity index (χ1) is 13.0. The number of nitrogens with zero attached hydrogens (tertiary/aromatic N) is 3. The number of benzene rings is 1. The lowest BCUT2D eigenvalue weighted by molar-refractivity contribution is 0.665. The van der Waals surface area contributed by atoms with Crippen molar-refractivity contribution in [3.63, 3.8) is 0 Å². The molecule has 0 aliphatic heterocycles. The Labute approximate surface area is 167 Å². The zero-order valence-electron chi connectivity index (χ0n) is 15.5. The summed E-state index contributed by atoms with van der Waals surface area (Å²) in [5.41, 5.74) is 1.22. The minimum atomic E-state index is -0.140. The molecule has 2 heterocycles. The monoisotopic (exact) mass is 403 g/mol. The summed E-state index contributed by atoms with van der Waals surface area (Å²) in [4.78, 5) is 24.0. The molecule has 1 aromatic carbocycles. The molecule has 0 saturated carbocycles. The minimum Gasteiger partial charge on any atom is -0.350 e. The standard InChI is InChI=1S/C19H22ClN5OS/c1-12(2)11-25(27-3)17-6-7-21-19(24-17)22-10-14-8-13-9-15(20)4-5-16(13)23-18(14)26/h4-9,12H,10-11H2,1-3H3,(H,23,26)(H,21,22,24). The van der Waals surface area contributed by atoms with Crippen LogP contribution >= 0.6 is 23.5 Å². The fourth-order valence-corrected chi connectivity index (χ4v) is 3.61. The van der Waals surface area contributed by atoms with Crippen LogP contribution in [0.15, 0.2) is 41.3 Å². The normalized spacial score (nSPS) is 11.1. The summed E-state index contributed by atoms with van der Waals surface area (Å²) in [6.45, 7) is 5.55. The van der Waals surface area contributed by atoms with Crippen molar-refractivity contribution in [3.05, 3.63) is 57.5 Å². The van der Waals surface area contributed by atoms with Crippen LogP contribution < -0.4 is 15.2 Å². The molecule has 6 nitrogen and oxygen atoms in total. The van der Waals surface area contributed by atoms with E-state index in [9.17, 15) is 4.79 Å². The Balaban J connectivity index is 1.79. The topological polar surface area (TPSA) is 73.9 Å². The Morgan fingerprint density at radius 3 is 2.85 bits per heavy atom. The summed E-state index contributed by atoms with van der Waals surface area (Å²) in [6.07, 6.45) is 3.75. The zero-order chi connectivity index (χ0) is 19.4. The van der Waals surface area contributed by atoms with E-state index in [1.807, 2.05) is 24.5 Å². The number of rotatable bonds is 7. The van der Waals surface area contributed by atoms with E-state index in [2.05, 4.69) is 38.4 Å². The fraction of sp³-hybridized carbons (Fsp3) is 0.316. The molecule has 0 radical (unpaired) electrons. The smallest absolute Gasteiger partial charge is 0.253 e. The second kappa shape index (κ2) is 8.63. The molecule has 3 aromatic rings. The third kappa shape index (κ3) is 4.93. The molecule has 0 unspecified atom stereocenters. The lowest BCUT2D eigenvalue weighted by atomic mass is 10.1. The van der Waals surface area contributed by atoms with Crippen LogP contribution in [0.5, 0.6) is 0 Å². The van der Waals surface area contributed by atoms with Crippen LogP contribution in [-0.4, -0.2) is 27.8 Å². The van der Waals surface area contributed by atoms with E-state index in [0.29, 0.717) is 29.0 Å². The van der Waals surface area contributed by atoms with Crippen LogP contribution in [-0.2, 0) is 6.54 Å². The number of aromatic nitrogens is 3. The van der Waals surface area contributed by atoms with Crippen molar-refractivity contribution in [2.24, 2.45) is 5.92 Å². The van der Waals surface area contributed by atoms with Gasteiger partial charge in [-0.05, 0) is 30.2 Å². The van der Waals surface area contributed by atoms with Gasteiger partial charge in [-0.25, -0.2) is 4.98 Å². The van der Waals surface area contributed by atoms with E-state index < -0.39 is 0 Å². The van der Waals surface area contributed by atoms with Crippen molar-refractivity contribution >= 4 is 46.2 Å². The Morgan fingerprint density at radius 1 is 1.30 bits per heavy atom. The molecule has 8 heteroatoms. The van der Waals surface area contributed by atoms with Gasteiger partial charge in [-0.15, -0.1) is 0 Å². The molecule has 0 amide bonds. The van der Waals surface area contributed by atoms with E-state index in [1.165, 1.54) is 0 Å². The summed E-state index contributed by atoms with van der Waals surface area (Å²) >= 11 is 7.67. The maximum atomic E-state index is 12.3. The average molecular weight is 404 g/mol. The van der Waals surface area contributed by atoms with Crippen molar-refractivity contribution in [2.45, 2.75) is 20.4 Å². The van der Waals surface area contributed by atoms with Gasteiger partial charge >= 0.3 is 0 Å². The minimum absolute atomic E-state index is 0.140. The quantitative estimate of drug-likeness (QED) is 0.572. The fourth-order valence-electron chi connectivity index (χ4n) is 2.69. The summed E-state index contributed by atoms with van der Waals surface area (Å²) in [7, 11) is 0. The molecule has 0 spiro atoms. The molecule has 0 aliphatic rings. The number of pyridine rings is 1. The average Bonchev–Trinajstić information content (AvgIpc) is 2.65. The molecule has 0 bridgehead atoms. The van der Waals surface area contributed by atoms with Crippen LogP contribution in [0.4, 0.5) is 11.8 Å². The molecule has 0 atom stereocenters. The van der Waals surface area contributed by atoms with E-state index in [1.54, 1.807) is 30.3 Å². The first-order valence-electron chi connectivity index (χ1n) is 8.66. The highest BCUT2D eigenvalue weighted by molar-refractivity contribution is 7.99. The molecule has 0 fully saturated rings. The Morgan fingerprint density at radius 2 is 2.11 bits per heavy atom. The first kappa shape index (κ1) is 19.5. The number of fused-ring (bicyclic) bond motifs is 1. The number of hydrogen-bond donors (Lipinski definition) is 2. The van der Waals surface area contributed by atoms with E-state index in [-0.39, 0.29) is 5.56 Å². The van der Waals surface area contributed by atoms with E-state index >= 15 is 0 Å². The Kier molecular flexibility index (Phi) is 6.23. The Bertz CT molecular complexity index is 991. The van der Waals surface area contributed by atoms with Crippen LogP contribution in [0, 0.1) is 5.92 Å². The van der Waals surface area contributed by atoms with Crippen molar-refractivity contribution < 1.29 is 0 Å². The highest BCUT2D eigenvalue weighted by atomic mass is 35.5. The van der Waals surface area contributed by atoms with Gasteiger partial charge in [0.15, 0.2) is 0 Å². The van der Waals surface area contributed by atoms with Gasteiger partial charge < -0.3 is 14.6 Å². The van der Waals surface area contributed by atoms with Crippen molar-refractivity contribution in [1.29, 1.82) is 0 Å². The maximum Gasteiger partial charge on any atom is 0.253 e. The van der Waals surface area contributed by atoms with Gasteiger partial charge in [-0.1, -0.05) is 37.4 Å². The third-order valence-electron chi connectivity index (χ3n) is 3.97. The van der Waals surface area contributed by atoms with Crippen molar-refractivity contribution in [2.75, 3.05) is 22.4 Å². The first-order valence-corrected chi connectivity index (χ1v) is 10.2. The Hall–Kier alpha value is -2.25. The number of halogens is 1. The van der Waals surface area contributed by atoms with Gasteiger partial charge in [0.1, 0.15) is 5.82 Å². The predicted molar refractivity (Wildman–Crippen MR) is 115 cm³/mol. The molecular weight excluding hydrogens is 382 g/mol. The highest BCUT2D eigenvalue weighted by Gasteiger charge is 2.11. The van der Waals surface area contributed by atoms with Crippen LogP contribution in [0.2, 0.25) is 5.02 Å². The molecule has 3 rings (SSSR count). The van der Waals surface area contributed by atoms with Crippen LogP contribution in [0.1, 0.15) is 19.4 Å². The number of anilines is 2. The molecular formula is C19H22ClN5OS. The van der Waals surface area contributed by atoms with Gasteiger partial charge in [-0.3, -0.25) is 4.79 Å². The van der Waals surface area contributed by atoms with Gasteiger partial charge in [0.2, 0.25) is 5.95 Å². The summed E-state index contributed by atoms with van der Waals surface area (Å²) in [5.74, 6) is 1.85. The largest absolute Gasteiger partial charge is 0.350 e. The zero-order valence-corrected chi connectivity index (χ0v) is 17.1. The van der Waals surface area contributed by atoms with Crippen LogP contribution in [0.25, 0.3) is 10.9 Å². The lowest BCUT2D eigenvalue weighted by Crippen LogP contribution is -2.21. The SMILES string of the molecule is CSN(CC(C)C)c1ccnc(NCc2cc3cc(Cl)ccc3[nH]c2=O)n1. The lowest BCUT2D eigenvalue weighted by Gasteiger charge is -2.22. The molecule has 2 N–H and O–H groups in total. The van der Waals surface area contributed by atoms with Gasteiger partial charge in [0.25, 0.3) is 5.56 Å². The third-order valence-corrected chi connectivity index (χ3v) is 4.98. The van der Waals surface area contributed by atoms with E-state index in [4.69, 9.17) is 11.6 Å². The number of aromatic amines is 1.